The summed E-state index contributed by atoms with van der Waals surface area (Å²) in [7, 11) is 0. The molecule has 116 valence electrons. The third-order valence-electron chi connectivity index (χ3n) is 4.89. The van der Waals surface area contributed by atoms with Crippen LogP contribution in [0.2, 0.25) is 5.02 Å². The highest BCUT2D eigenvalue weighted by Crippen LogP contribution is 2.39. The van der Waals surface area contributed by atoms with Gasteiger partial charge in [-0.25, -0.2) is 0 Å². The Kier molecular flexibility index (Phi) is 4.88. The van der Waals surface area contributed by atoms with Crippen molar-refractivity contribution in [1.29, 1.82) is 0 Å². The van der Waals surface area contributed by atoms with E-state index in [2.05, 4.69) is 30.9 Å². The molecule has 0 N–H and O–H groups in total. The zero-order valence-electron chi connectivity index (χ0n) is 13.1. The molecule has 0 aromatic heterocycles. The van der Waals surface area contributed by atoms with Gasteiger partial charge >= 0.3 is 0 Å². The second kappa shape index (κ2) is 6.68. The number of morpholine rings is 1. The zero-order valence-corrected chi connectivity index (χ0v) is 13.9. The van der Waals surface area contributed by atoms with Crippen molar-refractivity contribution in [2.24, 2.45) is 5.92 Å². The lowest BCUT2D eigenvalue weighted by atomic mass is 9.96. The lowest BCUT2D eigenvalue weighted by Gasteiger charge is -2.36. The second-order valence-electron chi connectivity index (χ2n) is 6.90. The Balaban J connectivity index is 1.53. The first kappa shape index (κ1) is 15.3. The predicted molar refractivity (Wildman–Crippen MR) is 88.0 cm³/mol. The molecule has 1 aromatic carbocycles. The monoisotopic (exact) mass is 307 g/mol. The number of nitrogens with zero attached hydrogens (tertiary/aromatic N) is 1. The van der Waals surface area contributed by atoms with Crippen LogP contribution in [0.25, 0.3) is 0 Å². The summed E-state index contributed by atoms with van der Waals surface area (Å²) in [4.78, 5) is 2.60. The van der Waals surface area contributed by atoms with E-state index in [1.807, 2.05) is 12.1 Å². The largest absolute Gasteiger partial charge is 0.373 e. The minimum atomic E-state index is 0.377. The number of hydrogen-bond acceptors (Lipinski definition) is 2. The van der Waals surface area contributed by atoms with E-state index < -0.39 is 0 Å². The maximum Gasteiger partial charge on any atom is 0.0678 e. The first-order chi connectivity index (χ1) is 10.1. The number of halogens is 1. The van der Waals surface area contributed by atoms with Gasteiger partial charge < -0.3 is 4.74 Å². The van der Waals surface area contributed by atoms with E-state index in [1.165, 1.54) is 31.4 Å². The van der Waals surface area contributed by atoms with Crippen LogP contribution in [0.3, 0.4) is 0 Å². The number of rotatable bonds is 3. The summed E-state index contributed by atoms with van der Waals surface area (Å²) in [6.07, 6.45) is 4.75. The molecule has 1 aliphatic carbocycles. The van der Waals surface area contributed by atoms with Crippen molar-refractivity contribution in [3.63, 3.8) is 0 Å². The fraction of sp³-hybridized carbons (Fsp3) is 0.667. The SMILES string of the molecule is C[C@@H]1CN(CC2CCC(c3ccc(Cl)cc3)C2)C[C@H](C)O1. The Morgan fingerprint density at radius 1 is 1.10 bits per heavy atom. The molecule has 1 aromatic rings. The van der Waals surface area contributed by atoms with Crippen LogP contribution in [0.15, 0.2) is 24.3 Å². The van der Waals surface area contributed by atoms with E-state index >= 15 is 0 Å². The maximum atomic E-state index is 5.98. The molecule has 3 heteroatoms. The molecule has 1 aliphatic heterocycles. The molecule has 0 radical (unpaired) electrons. The van der Waals surface area contributed by atoms with Gasteiger partial charge in [-0.05, 0) is 62.6 Å². The van der Waals surface area contributed by atoms with Crippen LogP contribution in [0.1, 0.15) is 44.6 Å². The van der Waals surface area contributed by atoms with E-state index in [9.17, 15) is 0 Å². The van der Waals surface area contributed by atoms with Gasteiger partial charge in [0.05, 0.1) is 12.2 Å². The van der Waals surface area contributed by atoms with Crippen LogP contribution in [0, 0.1) is 5.92 Å². The summed E-state index contributed by atoms with van der Waals surface area (Å²) in [5, 5.41) is 0.838. The number of hydrogen-bond donors (Lipinski definition) is 0. The molecule has 1 saturated carbocycles. The van der Waals surface area contributed by atoms with Crippen molar-refractivity contribution < 1.29 is 4.74 Å². The molecule has 2 unspecified atom stereocenters. The van der Waals surface area contributed by atoms with Crippen LogP contribution in [0.5, 0.6) is 0 Å². The Bertz CT molecular complexity index is 451. The highest BCUT2D eigenvalue weighted by Gasteiger charge is 2.30. The standard InChI is InChI=1S/C18H26ClNO/c1-13-10-20(11-14(2)21-13)12-15-3-4-17(9-15)16-5-7-18(19)8-6-16/h5-8,13-15,17H,3-4,9-12H2,1-2H3/t13-,14+,15?,17?. The van der Waals surface area contributed by atoms with Gasteiger partial charge in [-0.3, -0.25) is 4.90 Å². The molecule has 21 heavy (non-hydrogen) atoms. The van der Waals surface area contributed by atoms with Gasteiger partial charge in [0, 0.05) is 24.7 Å². The highest BCUT2D eigenvalue weighted by molar-refractivity contribution is 6.30. The first-order valence-corrected chi connectivity index (χ1v) is 8.61. The Morgan fingerprint density at radius 2 is 1.76 bits per heavy atom. The minimum Gasteiger partial charge on any atom is -0.373 e. The summed E-state index contributed by atoms with van der Waals surface area (Å²) >= 11 is 5.98. The van der Waals surface area contributed by atoms with Crippen LogP contribution in [0.4, 0.5) is 0 Å². The molecular formula is C18H26ClNO. The van der Waals surface area contributed by atoms with Crippen LogP contribution >= 0.6 is 11.6 Å². The van der Waals surface area contributed by atoms with Gasteiger partial charge in [0.2, 0.25) is 0 Å². The molecule has 2 aliphatic rings. The topological polar surface area (TPSA) is 12.5 Å². The zero-order chi connectivity index (χ0) is 14.8. The molecule has 1 saturated heterocycles. The van der Waals surface area contributed by atoms with Gasteiger partial charge in [0.1, 0.15) is 0 Å². The van der Waals surface area contributed by atoms with Crippen LogP contribution < -0.4 is 0 Å². The Labute approximate surface area is 133 Å². The van der Waals surface area contributed by atoms with Gasteiger partial charge in [-0.1, -0.05) is 23.7 Å². The number of benzene rings is 1. The van der Waals surface area contributed by atoms with Crippen molar-refractivity contribution in [3.05, 3.63) is 34.9 Å². The Hall–Kier alpha value is -0.570. The molecule has 0 amide bonds. The first-order valence-electron chi connectivity index (χ1n) is 8.23. The lowest BCUT2D eigenvalue weighted by molar-refractivity contribution is -0.0712. The van der Waals surface area contributed by atoms with Gasteiger partial charge in [0.15, 0.2) is 0 Å². The normalized spacial score (nSPS) is 34.2. The van der Waals surface area contributed by atoms with E-state index in [1.54, 1.807) is 0 Å². The predicted octanol–water partition coefficient (Wildman–Crippen LogP) is 4.33. The summed E-state index contributed by atoms with van der Waals surface area (Å²) in [5.41, 5.74) is 1.46. The van der Waals surface area contributed by atoms with Crippen molar-refractivity contribution in [2.45, 2.75) is 51.2 Å². The van der Waals surface area contributed by atoms with Gasteiger partial charge in [-0.15, -0.1) is 0 Å². The minimum absolute atomic E-state index is 0.377. The summed E-state index contributed by atoms with van der Waals surface area (Å²) < 4.78 is 5.83. The maximum absolute atomic E-state index is 5.98. The molecule has 3 rings (SSSR count). The molecule has 0 spiro atoms. The van der Waals surface area contributed by atoms with Gasteiger partial charge in [0.25, 0.3) is 0 Å². The van der Waals surface area contributed by atoms with E-state index in [0.717, 1.165) is 29.9 Å². The van der Waals surface area contributed by atoms with E-state index in [4.69, 9.17) is 16.3 Å². The van der Waals surface area contributed by atoms with Gasteiger partial charge in [-0.2, -0.15) is 0 Å². The number of ether oxygens (including phenoxy) is 1. The second-order valence-corrected chi connectivity index (χ2v) is 7.34. The van der Waals surface area contributed by atoms with Crippen molar-refractivity contribution >= 4 is 11.6 Å². The average molecular weight is 308 g/mol. The third kappa shape index (κ3) is 4.00. The fourth-order valence-corrected chi connectivity index (χ4v) is 4.20. The average Bonchev–Trinajstić information content (AvgIpc) is 2.87. The molecular weight excluding hydrogens is 282 g/mol. The third-order valence-corrected chi connectivity index (χ3v) is 5.15. The summed E-state index contributed by atoms with van der Waals surface area (Å²) in [6.45, 7) is 7.79. The van der Waals surface area contributed by atoms with Crippen molar-refractivity contribution in [2.75, 3.05) is 19.6 Å². The van der Waals surface area contributed by atoms with Crippen LogP contribution in [-0.2, 0) is 4.74 Å². The smallest absolute Gasteiger partial charge is 0.0678 e. The molecule has 0 bridgehead atoms. The lowest BCUT2D eigenvalue weighted by Crippen LogP contribution is -2.46. The molecule has 2 fully saturated rings. The molecule has 4 atom stereocenters. The van der Waals surface area contributed by atoms with Crippen molar-refractivity contribution in [1.82, 2.24) is 4.90 Å². The molecule has 2 nitrogen and oxygen atoms in total. The van der Waals surface area contributed by atoms with E-state index in [0.29, 0.717) is 12.2 Å². The fourth-order valence-electron chi connectivity index (χ4n) is 4.08. The summed E-state index contributed by atoms with van der Waals surface area (Å²) in [5.74, 6) is 1.56. The molecule has 1 heterocycles. The highest BCUT2D eigenvalue weighted by atomic mass is 35.5. The summed E-state index contributed by atoms with van der Waals surface area (Å²) in [6, 6.07) is 8.45. The van der Waals surface area contributed by atoms with Crippen molar-refractivity contribution in [3.8, 4) is 0 Å². The Morgan fingerprint density at radius 3 is 2.43 bits per heavy atom. The van der Waals surface area contributed by atoms with Crippen LogP contribution in [-0.4, -0.2) is 36.7 Å². The van der Waals surface area contributed by atoms with E-state index in [-0.39, 0.29) is 0 Å². The quantitative estimate of drug-likeness (QED) is 0.824.